The van der Waals surface area contributed by atoms with Crippen LogP contribution in [0.2, 0.25) is 0 Å². The van der Waals surface area contributed by atoms with Gasteiger partial charge in [-0.15, -0.1) is 0 Å². The van der Waals surface area contributed by atoms with Gasteiger partial charge in [-0.1, -0.05) is 49.8 Å². The summed E-state index contributed by atoms with van der Waals surface area (Å²) in [6, 6.07) is 17.5. The van der Waals surface area contributed by atoms with Gasteiger partial charge in [-0.3, -0.25) is 9.59 Å². The molecule has 2 aromatic carbocycles. The third kappa shape index (κ3) is 8.30. The molecular formula is C31H41N3O4S. The van der Waals surface area contributed by atoms with E-state index in [1.54, 1.807) is 7.05 Å². The number of carbonyl (C=O) groups is 2. The Balaban J connectivity index is 0.000000459. The number of nitrogens with zero attached hydrogens (tertiary/aromatic N) is 2. The summed E-state index contributed by atoms with van der Waals surface area (Å²) in [7, 11) is 1.66. The lowest BCUT2D eigenvalue weighted by Crippen LogP contribution is -2.56. The number of ether oxygens (including phenoxy) is 2. The number of amides is 1. The normalized spacial score (nSPS) is 14.0. The van der Waals surface area contributed by atoms with Crippen molar-refractivity contribution in [2.75, 3.05) is 25.0 Å². The fraction of sp³-hybridized carbons (Fsp3) is 0.452. The molecule has 1 aliphatic rings. The summed E-state index contributed by atoms with van der Waals surface area (Å²) in [6.07, 6.45) is 3.62. The van der Waals surface area contributed by atoms with Crippen molar-refractivity contribution in [3.8, 4) is 22.8 Å². The van der Waals surface area contributed by atoms with Crippen molar-refractivity contribution in [2.24, 2.45) is 5.41 Å². The monoisotopic (exact) mass is 551 g/mol. The van der Waals surface area contributed by atoms with Crippen molar-refractivity contribution >= 4 is 28.3 Å². The summed E-state index contributed by atoms with van der Waals surface area (Å²) in [4.78, 5) is 30.6. The second-order valence-corrected chi connectivity index (χ2v) is 11.8. The fourth-order valence-electron chi connectivity index (χ4n) is 4.63. The number of anilines is 1. The predicted molar refractivity (Wildman–Crippen MR) is 159 cm³/mol. The van der Waals surface area contributed by atoms with Gasteiger partial charge in [0.15, 0.2) is 5.13 Å². The molecule has 0 spiro atoms. The number of rotatable bonds is 8. The van der Waals surface area contributed by atoms with Crippen LogP contribution in [0.5, 0.6) is 11.5 Å². The van der Waals surface area contributed by atoms with E-state index < -0.39 is 0 Å². The van der Waals surface area contributed by atoms with Crippen LogP contribution in [0.25, 0.3) is 11.3 Å². The summed E-state index contributed by atoms with van der Waals surface area (Å²) in [5.74, 6) is 1.22. The van der Waals surface area contributed by atoms with Gasteiger partial charge in [0.25, 0.3) is 5.91 Å². The maximum atomic E-state index is 12.6. The first-order chi connectivity index (χ1) is 18.5. The highest BCUT2D eigenvalue weighted by Gasteiger charge is 2.42. The van der Waals surface area contributed by atoms with E-state index in [0.29, 0.717) is 10.3 Å². The average Bonchev–Trinajstić information content (AvgIpc) is 3.30. The molecule has 1 N–H and O–H groups in total. The van der Waals surface area contributed by atoms with Crippen molar-refractivity contribution in [1.82, 2.24) is 10.3 Å². The van der Waals surface area contributed by atoms with Crippen LogP contribution >= 0.6 is 11.3 Å². The molecule has 1 amide bonds. The Morgan fingerprint density at radius 1 is 1.03 bits per heavy atom. The van der Waals surface area contributed by atoms with E-state index >= 15 is 0 Å². The zero-order valence-electron chi connectivity index (χ0n) is 24.2. The van der Waals surface area contributed by atoms with Crippen LogP contribution in [-0.4, -0.2) is 42.6 Å². The predicted octanol–water partition coefficient (Wildman–Crippen LogP) is 7.33. The standard InChI is InChI=1S/C25H29N3O2S.C6H12O2/c1-4-15-25(5-2)16-28(17-25)24-27-21(22(31-24)23(29)26-3)18-11-13-20(14-12-18)30-19-9-7-6-8-10-19;1-5(7)8-6(2,3)4/h6-14H,4-5,15-17H2,1-3H3,(H,26,29);1-4H3. The smallest absolute Gasteiger partial charge is 0.303 e. The summed E-state index contributed by atoms with van der Waals surface area (Å²) in [6.45, 7) is 13.5. The zero-order valence-corrected chi connectivity index (χ0v) is 25.0. The average molecular weight is 552 g/mol. The first kappa shape index (κ1) is 30.2. The largest absolute Gasteiger partial charge is 0.460 e. The second kappa shape index (κ2) is 13.1. The molecule has 0 bridgehead atoms. The Hall–Kier alpha value is -3.39. The number of thiazole rings is 1. The topological polar surface area (TPSA) is 80.8 Å². The van der Waals surface area contributed by atoms with Crippen LogP contribution in [0, 0.1) is 5.41 Å². The molecule has 39 heavy (non-hydrogen) atoms. The number of para-hydroxylation sites is 1. The molecular weight excluding hydrogens is 510 g/mol. The van der Waals surface area contributed by atoms with Crippen molar-refractivity contribution < 1.29 is 19.1 Å². The van der Waals surface area contributed by atoms with Crippen molar-refractivity contribution in [3.63, 3.8) is 0 Å². The molecule has 1 saturated heterocycles. The number of nitrogens with one attached hydrogen (secondary N) is 1. The third-order valence-electron chi connectivity index (χ3n) is 6.46. The Morgan fingerprint density at radius 3 is 2.13 bits per heavy atom. The van der Waals surface area contributed by atoms with Crippen molar-refractivity contribution in [3.05, 3.63) is 59.5 Å². The van der Waals surface area contributed by atoms with Gasteiger partial charge in [-0.2, -0.15) is 0 Å². The molecule has 8 heteroatoms. The molecule has 4 rings (SSSR count). The van der Waals surface area contributed by atoms with Gasteiger partial charge in [-0.25, -0.2) is 4.98 Å². The number of esters is 1. The van der Waals surface area contributed by atoms with Gasteiger partial charge in [0.1, 0.15) is 22.0 Å². The summed E-state index contributed by atoms with van der Waals surface area (Å²) < 4.78 is 10.7. The van der Waals surface area contributed by atoms with Crippen molar-refractivity contribution in [1.29, 1.82) is 0 Å². The van der Waals surface area contributed by atoms with Crippen LogP contribution in [0.1, 0.15) is 70.5 Å². The molecule has 3 aromatic rings. The van der Waals surface area contributed by atoms with Crippen LogP contribution in [0.15, 0.2) is 54.6 Å². The lowest BCUT2D eigenvalue weighted by Gasteiger charge is -2.50. The maximum absolute atomic E-state index is 12.6. The van der Waals surface area contributed by atoms with Crippen LogP contribution in [0.4, 0.5) is 5.13 Å². The van der Waals surface area contributed by atoms with Gasteiger partial charge in [-0.05, 0) is 70.0 Å². The van der Waals surface area contributed by atoms with E-state index in [4.69, 9.17) is 14.5 Å². The summed E-state index contributed by atoms with van der Waals surface area (Å²) >= 11 is 1.48. The summed E-state index contributed by atoms with van der Waals surface area (Å²) in [5, 5.41) is 3.69. The molecule has 1 aromatic heterocycles. The van der Waals surface area contributed by atoms with E-state index in [1.807, 2.05) is 75.4 Å². The van der Waals surface area contributed by atoms with E-state index in [2.05, 4.69) is 24.1 Å². The SMILES string of the molecule is CC(=O)OC(C)(C)C.CCCC1(CC)CN(c2nc(-c3ccc(Oc4ccccc4)cc3)c(C(=O)NC)s2)C1. The van der Waals surface area contributed by atoms with Gasteiger partial charge in [0.05, 0.1) is 5.69 Å². The number of hydrogen-bond acceptors (Lipinski definition) is 7. The molecule has 0 saturated carbocycles. The number of hydrogen-bond donors (Lipinski definition) is 1. The van der Waals surface area contributed by atoms with Gasteiger partial charge >= 0.3 is 5.97 Å². The highest BCUT2D eigenvalue weighted by Crippen LogP contribution is 2.44. The molecule has 7 nitrogen and oxygen atoms in total. The minimum atomic E-state index is -0.328. The molecule has 1 fully saturated rings. The van der Waals surface area contributed by atoms with E-state index in [-0.39, 0.29) is 17.5 Å². The quantitative estimate of drug-likeness (QED) is 0.295. The first-order valence-corrected chi connectivity index (χ1v) is 14.3. The van der Waals surface area contributed by atoms with E-state index in [0.717, 1.165) is 41.0 Å². The van der Waals surface area contributed by atoms with Gasteiger partial charge in [0.2, 0.25) is 0 Å². The van der Waals surface area contributed by atoms with Gasteiger partial charge in [0, 0.05) is 38.0 Å². The molecule has 1 aliphatic heterocycles. The Labute approximate surface area is 236 Å². The molecule has 0 radical (unpaired) electrons. The molecule has 0 aliphatic carbocycles. The first-order valence-electron chi connectivity index (χ1n) is 13.5. The third-order valence-corrected chi connectivity index (χ3v) is 7.57. The molecule has 2 heterocycles. The second-order valence-electron chi connectivity index (χ2n) is 10.9. The zero-order chi connectivity index (χ0) is 28.6. The molecule has 0 atom stereocenters. The highest BCUT2D eigenvalue weighted by atomic mass is 32.1. The number of benzene rings is 2. The number of carbonyl (C=O) groups excluding carboxylic acids is 2. The molecule has 0 unspecified atom stereocenters. The van der Waals surface area contributed by atoms with Gasteiger partial charge < -0.3 is 19.7 Å². The summed E-state index contributed by atoms with van der Waals surface area (Å²) in [5.41, 5.74) is 1.71. The fourth-order valence-corrected chi connectivity index (χ4v) is 5.66. The van der Waals surface area contributed by atoms with E-state index in [1.165, 1.54) is 37.5 Å². The minimum absolute atomic E-state index is 0.0980. The molecule has 210 valence electrons. The van der Waals surface area contributed by atoms with Crippen LogP contribution < -0.4 is 15.0 Å². The Morgan fingerprint density at radius 2 is 1.64 bits per heavy atom. The maximum Gasteiger partial charge on any atom is 0.303 e. The Kier molecular flexibility index (Phi) is 10.1. The van der Waals surface area contributed by atoms with E-state index in [9.17, 15) is 9.59 Å². The lowest BCUT2D eigenvalue weighted by atomic mass is 9.74. The highest BCUT2D eigenvalue weighted by molar-refractivity contribution is 7.18. The van der Waals surface area contributed by atoms with Crippen LogP contribution in [-0.2, 0) is 9.53 Å². The van der Waals surface area contributed by atoms with Crippen molar-refractivity contribution in [2.45, 2.75) is 66.4 Å². The van der Waals surface area contributed by atoms with Crippen LogP contribution in [0.3, 0.4) is 0 Å². The Bertz CT molecular complexity index is 1230. The minimum Gasteiger partial charge on any atom is -0.460 e. The number of aromatic nitrogens is 1. The lowest BCUT2D eigenvalue weighted by molar-refractivity contribution is -0.151.